The number of nitrogens with one attached hydrogen (secondary N) is 2. The van der Waals surface area contributed by atoms with Crippen molar-refractivity contribution in [2.75, 3.05) is 19.0 Å². The summed E-state index contributed by atoms with van der Waals surface area (Å²) in [7, 11) is -2.26. The molecule has 0 radical (unpaired) electrons. The molecular formula is C15H15BrN2O4S. The first kappa shape index (κ1) is 17.5. The molecule has 1 amide bonds. The van der Waals surface area contributed by atoms with E-state index in [9.17, 15) is 13.2 Å². The van der Waals surface area contributed by atoms with E-state index in [1.165, 1.54) is 19.2 Å². The maximum absolute atomic E-state index is 12.1. The molecule has 2 rings (SSSR count). The average molecular weight is 399 g/mol. The molecule has 122 valence electrons. The molecule has 2 N–H and O–H groups in total. The van der Waals surface area contributed by atoms with Gasteiger partial charge in [-0.05, 0) is 36.4 Å². The second-order valence-corrected chi connectivity index (χ2v) is 7.21. The van der Waals surface area contributed by atoms with Crippen LogP contribution < -0.4 is 14.8 Å². The number of amides is 1. The fourth-order valence-corrected chi connectivity index (χ4v) is 3.05. The first-order valence-corrected chi connectivity index (χ1v) is 8.88. The van der Waals surface area contributed by atoms with E-state index in [1.807, 2.05) is 0 Å². The summed E-state index contributed by atoms with van der Waals surface area (Å²) < 4.78 is 32.3. The van der Waals surface area contributed by atoms with Crippen molar-refractivity contribution in [3.63, 3.8) is 0 Å². The van der Waals surface area contributed by atoms with Gasteiger partial charge in [-0.1, -0.05) is 28.1 Å². The number of hydrogen-bond donors (Lipinski definition) is 2. The van der Waals surface area contributed by atoms with Gasteiger partial charge in [0.2, 0.25) is 15.9 Å². The van der Waals surface area contributed by atoms with E-state index in [1.54, 1.807) is 36.4 Å². The van der Waals surface area contributed by atoms with Crippen molar-refractivity contribution in [3.8, 4) is 5.75 Å². The van der Waals surface area contributed by atoms with E-state index in [0.29, 0.717) is 11.4 Å². The third-order valence-electron chi connectivity index (χ3n) is 2.93. The van der Waals surface area contributed by atoms with E-state index in [0.717, 1.165) is 4.47 Å². The molecule has 0 unspecified atom stereocenters. The Morgan fingerprint density at radius 3 is 2.43 bits per heavy atom. The maximum atomic E-state index is 12.1. The number of ether oxygens (including phenoxy) is 1. The van der Waals surface area contributed by atoms with E-state index in [2.05, 4.69) is 26.0 Å². The molecule has 0 bridgehead atoms. The Hall–Kier alpha value is -1.90. The quantitative estimate of drug-likeness (QED) is 0.781. The number of carbonyl (C=O) groups is 1. The molecule has 6 nitrogen and oxygen atoms in total. The van der Waals surface area contributed by atoms with E-state index in [-0.39, 0.29) is 11.4 Å². The van der Waals surface area contributed by atoms with Crippen molar-refractivity contribution in [2.24, 2.45) is 0 Å². The van der Waals surface area contributed by atoms with Crippen LogP contribution in [0.15, 0.2) is 57.9 Å². The predicted molar refractivity (Wildman–Crippen MR) is 91.0 cm³/mol. The molecule has 8 heteroatoms. The zero-order chi connectivity index (χ0) is 16.9. The highest BCUT2D eigenvalue weighted by atomic mass is 79.9. The Labute approximate surface area is 143 Å². The van der Waals surface area contributed by atoms with Crippen LogP contribution in [0.3, 0.4) is 0 Å². The lowest BCUT2D eigenvalue weighted by atomic mass is 10.3. The van der Waals surface area contributed by atoms with Crippen molar-refractivity contribution in [1.29, 1.82) is 0 Å². The molecule has 0 heterocycles. The molecule has 2 aromatic carbocycles. The van der Waals surface area contributed by atoms with Crippen LogP contribution >= 0.6 is 15.9 Å². The second kappa shape index (κ2) is 7.58. The summed E-state index contributed by atoms with van der Waals surface area (Å²) in [6.45, 7) is -0.379. The van der Waals surface area contributed by atoms with Gasteiger partial charge in [0, 0.05) is 4.47 Å². The molecule has 23 heavy (non-hydrogen) atoms. The fourth-order valence-electron chi connectivity index (χ4n) is 1.80. The number of anilines is 1. The first-order chi connectivity index (χ1) is 10.9. The Bertz CT molecular complexity index is 791. The van der Waals surface area contributed by atoms with Crippen molar-refractivity contribution in [2.45, 2.75) is 4.90 Å². The number of methoxy groups -OCH3 is 1. The highest BCUT2D eigenvalue weighted by Gasteiger charge is 2.16. The standard InChI is InChI=1S/C15H15BrN2O4S/c1-22-14-5-3-2-4-13(14)18-15(19)10-17-23(20,21)12-8-6-11(16)7-9-12/h2-9,17H,10H2,1H3,(H,18,19). The van der Waals surface area contributed by atoms with Crippen LogP contribution in [0.1, 0.15) is 0 Å². The third kappa shape index (κ3) is 4.78. The smallest absolute Gasteiger partial charge is 0.241 e. The minimum atomic E-state index is -3.74. The predicted octanol–water partition coefficient (Wildman–Crippen LogP) is 2.37. The van der Waals surface area contributed by atoms with Crippen LogP contribution in [-0.2, 0) is 14.8 Å². The summed E-state index contributed by atoms with van der Waals surface area (Å²) >= 11 is 3.23. The molecule has 0 saturated heterocycles. The van der Waals surface area contributed by atoms with Crippen LogP contribution in [0.5, 0.6) is 5.75 Å². The Morgan fingerprint density at radius 1 is 1.13 bits per heavy atom. The van der Waals surface area contributed by atoms with Gasteiger partial charge < -0.3 is 10.1 Å². The normalized spacial score (nSPS) is 11.0. The molecule has 0 spiro atoms. The minimum absolute atomic E-state index is 0.0887. The van der Waals surface area contributed by atoms with E-state index < -0.39 is 15.9 Å². The van der Waals surface area contributed by atoms with E-state index >= 15 is 0 Å². The summed E-state index contributed by atoms with van der Waals surface area (Å²) in [5, 5.41) is 2.60. The van der Waals surface area contributed by atoms with Crippen molar-refractivity contribution in [3.05, 3.63) is 53.0 Å². The highest BCUT2D eigenvalue weighted by molar-refractivity contribution is 9.10. The zero-order valence-electron chi connectivity index (χ0n) is 12.2. The first-order valence-electron chi connectivity index (χ1n) is 6.60. The Balaban J connectivity index is 2.00. The van der Waals surface area contributed by atoms with Gasteiger partial charge in [0.1, 0.15) is 5.75 Å². The molecule has 0 aliphatic rings. The lowest BCUT2D eigenvalue weighted by Gasteiger charge is -2.10. The molecule has 2 aromatic rings. The van der Waals surface area contributed by atoms with Crippen LogP contribution in [-0.4, -0.2) is 28.0 Å². The molecular weight excluding hydrogens is 384 g/mol. The number of hydrogen-bond acceptors (Lipinski definition) is 4. The Morgan fingerprint density at radius 2 is 1.78 bits per heavy atom. The minimum Gasteiger partial charge on any atom is -0.495 e. The summed E-state index contributed by atoms with van der Waals surface area (Å²) in [5.74, 6) is 0.00630. The van der Waals surface area contributed by atoms with Crippen molar-refractivity contribution >= 4 is 37.5 Å². The number of benzene rings is 2. The number of carbonyl (C=O) groups excluding carboxylic acids is 1. The molecule has 0 aliphatic carbocycles. The molecule has 0 aromatic heterocycles. The SMILES string of the molecule is COc1ccccc1NC(=O)CNS(=O)(=O)c1ccc(Br)cc1. The van der Waals surface area contributed by atoms with Gasteiger partial charge in [-0.25, -0.2) is 13.1 Å². The van der Waals surface area contributed by atoms with Crippen LogP contribution in [0.25, 0.3) is 0 Å². The third-order valence-corrected chi connectivity index (χ3v) is 4.87. The molecule has 0 aliphatic heterocycles. The van der Waals surface area contributed by atoms with Crippen LogP contribution in [0, 0.1) is 0 Å². The van der Waals surface area contributed by atoms with Gasteiger partial charge >= 0.3 is 0 Å². The number of para-hydroxylation sites is 2. The zero-order valence-corrected chi connectivity index (χ0v) is 14.6. The summed E-state index contributed by atoms with van der Waals surface area (Å²) in [5.41, 5.74) is 0.475. The topological polar surface area (TPSA) is 84.5 Å². The number of halogens is 1. The van der Waals surface area contributed by atoms with Crippen molar-refractivity contribution < 1.29 is 17.9 Å². The highest BCUT2D eigenvalue weighted by Crippen LogP contribution is 2.22. The monoisotopic (exact) mass is 398 g/mol. The van der Waals surface area contributed by atoms with Gasteiger partial charge in [-0.15, -0.1) is 0 Å². The number of rotatable bonds is 6. The lowest BCUT2D eigenvalue weighted by molar-refractivity contribution is -0.115. The summed E-state index contributed by atoms with van der Waals surface area (Å²) in [6.07, 6.45) is 0. The molecule has 0 saturated carbocycles. The van der Waals surface area contributed by atoms with Gasteiger partial charge in [0.25, 0.3) is 0 Å². The second-order valence-electron chi connectivity index (χ2n) is 4.53. The largest absolute Gasteiger partial charge is 0.495 e. The summed E-state index contributed by atoms with van der Waals surface area (Å²) in [6, 6.07) is 13.0. The maximum Gasteiger partial charge on any atom is 0.241 e. The lowest BCUT2D eigenvalue weighted by Crippen LogP contribution is -2.32. The molecule has 0 atom stereocenters. The van der Waals surface area contributed by atoms with Gasteiger partial charge in [-0.2, -0.15) is 0 Å². The Kier molecular flexibility index (Phi) is 5.75. The van der Waals surface area contributed by atoms with Gasteiger partial charge in [-0.3, -0.25) is 4.79 Å². The number of sulfonamides is 1. The van der Waals surface area contributed by atoms with Gasteiger partial charge in [0.15, 0.2) is 0 Å². The van der Waals surface area contributed by atoms with E-state index in [4.69, 9.17) is 4.74 Å². The van der Waals surface area contributed by atoms with Crippen LogP contribution in [0.2, 0.25) is 0 Å². The van der Waals surface area contributed by atoms with Crippen LogP contribution in [0.4, 0.5) is 5.69 Å². The average Bonchev–Trinajstić information content (AvgIpc) is 2.54. The van der Waals surface area contributed by atoms with Gasteiger partial charge in [0.05, 0.1) is 24.2 Å². The fraction of sp³-hybridized carbons (Fsp3) is 0.133. The summed E-state index contributed by atoms with van der Waals surface area (Å²) in [4.78, 5) is 12.0. The van der Waals surface area contributed by atoms with Crippen molar-refractivity contribution in [1.82, 2.24) is 4.72 Å². The molecule has 0 fully saturated rings.